The van der Waals surface area contributed by atoms with Crippen molar-refractivity contribution in [2.75, 3.05) is 4.90 Å². The van der Waals surface area contributed by atoms with E-state index in [9.17, 15) is 0 Å². The van der Waals surface area contributed by atoms with Gasteiger partial charge in [0.15, 0.2) is 17.5 Å². The Kier molecular flexibility index (Phi) is 5.95. The van der Waals surface area contributed by atoms with Crippen molar-refractivity contribution in [2.45, 2.75) is 19.3 Å². The number of rotatable bonds is 4. The molecule has 0 saturated carbocycles. The second-order valence-electron chi connectivity index (χ2n) is 11.3. The third-order valence-corrected chi connectivity index (χ3v) is 9.72. The minimum Gasteiger partial charge on any atom is -0.308 e. The molecule has 1 aliphatic heterocycles. The van der Waals surface area contributed by atoms with Crippen LogP contribution in [0.3, 0.4) is 0 Å². The van der Waals surface area contributed by atoms with E-state index in [1.165, 1.54) is 31.9 Å². The number of hydrogen-bond acceptors (Lipinski definition) is 5. The minimum atomic E-state index is -0.118. The molecule has 5 aromatic carbocycles. The largest absolute Gasteiger partial charge is 0.308 e. The predicted octanol–water partition coefficient (Wildman–Crippen LogP) is 10.2. The van der Waals surface area contributed by atoms with Crippen LogP contribution in [-0.2, 0) is 5.41 Å². The average molecular weight is 573 g/mol. The van der Waals surface area contributed by atoms with Crippen LogP contribution in [0.15, 0.2) is 133 Å². The first kappa shape index (κ1) is 25.6. The fourth-order valence-electron chi connectivity index (χ4n) is 6.11. The lowest BCUT2D eigenvalue weighted by Crippen LogP contribution is -2.29. The summed E-state index contributed by atoms with van der Waals surface area (Å²) in [6, 6.07) is 46.4. The summed E-state index contributed by atoms with van der Waals surface area (Å²) in [5, 5.41) is 1.27. The Balaban J connectivity index is 1.34. The molecule has 0 unspecified atom stereocenters. The Bertz CT molecular complexity index is 2060. The molecule has 4 nitrogen and oxygen atoms in total. The van der Waals surface area contributed by atoms with Gasteiger partial charge in [0.25, 0.3) is 0 Å². The van der Waals surface area contributed by atoms with E-state index in [1.807, 2.05) is 72.0 Å². The number of thiophene rings is 1. The van der Waals surface area contributed by atoms with Crippen LogP contribution >= 0.6 is 11.3 Å². The normalized spacial score (nSPS) is 13.5. The highest BCUT2D eigenvalue weighted by Crippen LogP contribution is 2.57. The van der Waals surface area contributed by atoms with Gasteiger partial charge in [-0.15, -0.1) is 11.3 Å². The van der Waals surface area contributed by atoms with Crippen molar-refractivity contribution < 1.29 is 0 Å². The Hall–Kier alpha value is -5.13. The van der Waals surface area contributed by atoms with E-state index >= 15 is 0 Å². The van der Waals surface area contributed by atoms with Crippen LogP contribution in [0.25, 0.3) is 44.2 Å². The van der Waals surface area contributed by atoms with Gasteiger partial charge in [-0.05, 0) is 29.8 Å². The fourth-order valence-corrected chi connectivity index (χ4v) is 7.41. The molecule has 0 bridgehead atoms. The van der Waals surface area contributed by atoms with Crippen molar-refractivity contribution in [1.29, 1.82) is 0 Å². The summed E-state index contributed by atoms with van der Waals surface area (Å²) in [6.07, 6.45) is 0. The van der Waals surface area contributed by atoms with E-state index in [1.54, 1.807) is 0 Å². The second kappa shape index (κ2) is 10.0. The molecule has 2 aromatic heterocycles. The zero-order valence-electron chi connectivity index (χ0n) is 23.9. The summed E-state index contributed by atoms with van der Waals surface area (Å²) in [6.45, 7) is 4.68. The quantitative estimate of drug-likeness (QED) is 0.210. The summed E-state index contributed by atoms with van der Waals surface area (Å²) in [5.41, 5.74) is 7.59. The van der Waals surface area contributed by atoms with Crippen LogP contribution in [0.5, 0.6) is 0 Å². The first-order chi connectivity index (χ1) is 21.1. The molecule has 0 radical (unpaired) electrons. The Morgan fingerprint density at radius 2 is 1.12 bits per heavy atom. The highest BCUT2D eigenvalue weighted by Gasteiger charge is 2.39. The molecule has 206 valence electrons. The highest BCUT2D eigenvalue weighted by molar-refractivity contribution is 7.20. The second-order valence-corrected chi connectivity index (χ2v) is 12.4. The molecule has 0 N–H and O–H groups in total. The lowest BCUT2D eigenvalue weighted by atomic mass is 9.78. The maximum Gasteiger partial charge on any atom is 0.164 e. The first-order valence-electron chi connectivity index (χ1n) is 14.5. The van der Waals surface area contributed by atoms with Gasteiger partial charge in [0, 0.05) is 42.8 Å². The summed E-state index contributed by atoms with van der Waals surface area (Å²) in [4.78, 5) is 18.7. The number of benzene rings is 5. The molecule has 7 aromatic rings. The lowest BCUT2D eigenvalue weighted by molar-refractivity contribution is 0.647. The summed E-state index contributed by atoms with van der Waals surface area (Å²) in [5.74, 6) is 1.97. The van der Waals surface area contributed by atoms with Gasteiger partial charge in [-0.1, -0.05) is 123 Å². The first-order valence-corrected chi connectivity index (χ1v) is 15.3. The zero-order chi connectivity index (χ0) is 29.0. The van der Waals surface area contributed by atoms with Crippen LogP contribution in [0.4, 0.5) is 17.1 Å². The van der Waals surface area contributed by atoms with E-state index in [4.69, 9.17) is 15.0 Å². The molecule has 0 fully saturated rings. The van der Waals surface area contributed by atoms with E-state index in [0.717, 1.165) is 22.4 Å². The topological polar surface area (TPSA) is 41.9 Å². The Morgan fingerprint density at radius 3 is 1.81 bits per heavy atom. The molecule has 0 aliphatic carbocycles. The molecule has 0 spiro atoms. The maximum atomic E-state index is 5.00. The van der Waals surface area contributed by atoms with E-state index in [-0.39, 0.29) is 5.41 Å². The Morgan fingerprint density at radius 1 is 0.558 bits per heavy atom. The van der Waals surface area contributed by atoms with Crippen molar-refractivity contribution in [1.82, 2.24) is 15.0 Å². The summed E-state index contributed by atoms with van der Waals surface area (Å²) < 4.78 is 1.30. The van der Waals surface area contributed by atoms with Crippen LogP contribution in [0, 0.1) is 0 Å². The fraction of sp³-hybridized carbons (Fsp3) is 0.0789. The van der Waals surface area contributed by atoms with Gasteiger partial charge in [0.2, 0.25) is 0 Å². The van der Waals surface area contributed by atoms with E-state index in [2.05, 4.69) is 91.5 Å². The predicted molar refractivity (Wildman–Crippen MR) is 178 cm³/mol. The maximum absolute atomic E-state index is 5.00. The highest BCUT2D eigenvalue weighted by atomic mass is 32.1. The van der Waals surface area contributed by atoms with Crippen molar-refractivity contribution in [3.8, 4) is 34.2 Å². The molecular weight excluding hydrogens is 545 g/mol. The van der Waals surface area contributed by atoms with Crippen LogP contribution < -0.4 is 4.90 Å². The minimum absolute atomic E-state index is 0.118. The van der Waals surface area contributed by atoms with Crippen molar-refractivity contribution in [3.05, 3.63) is 144 Å². The number of anilines is 3. The molecule has 1 aliphatic rings. The number of hydrogen-bond donors (Lipinski definition) is 0. The molecule has 0 atom stereocenters. The van der Waals surface area contributed by atoms with Gasteiger partial charge in [-0.3, -0.25) is 0 Å². The van der Waals surface area contributed by atoms with Crippen molar-refractivity contribution in [3.63, 3.8) is 0 Å². The van der Waals surface area contributed by atoms with Crippen molar-refractivity contribution >= 4 is 38.5 Å². The number of para-hydroxylation sites is 1. The summed E-state index contributed by atoms with van der Waals surface area (Å²) in [7, 11) is 0. The third-order valence-electron chi connectivity index (χ3n) is 8.24. The van der Waals surface area contributed by atoms with Crippen LogP contribution in [0.1, 0.15) is 24.3 Å². The third kappa shape index (κ3) is 4.24. The number of nitrogens with zero attached hydrogens (tertiary/aromatic N) is 4. The molecule has 0 saturated heterocycles. The number of fused-ring (bicyclic) bond motifs is 4. The molecule has 5 heteroatoms. The van der Waals surface area contributed by atoms with Gasteiger partial charge in [-0.25, -0.2) is 15.0 Å². The van der Waals surface area contributed by atoms with Crippen molar-refractivity contribution in [2.24, 2.45) is 0 Å². The van der Waals surface area contributed by atoms with Gasteiger partial charge in [-0.2, -0.15) is 0 Å². The number of aromatic nitrogens is 3. The van der Waals surface area contributed by atoms with Crippen LogP contribution in [-0.4, -0.2) is 15.0 Å². The van der Waals surface area contributed by atoms with E-state index < -0.39 is 0 Å². The molecule has 43 heavy (non-hydrogen) atoms. The van der Waals surface area contributed by atoms with Gasteiger partial charge < -0.3 is 4.90 Å². The zero-order valence-corrected chi connectivity index (χ0v) is 24.7. The molecular formula is C38H28N4S. The lowest BCUT2D eigenvalue weighted by Gasteiger charge is -2.40. The van der Waals surface area contributed by atoms with Gasteiger partial charge in [0.05, 0.1) is 11.4 Å². The monoisotopic (exact) mass is 572 g/mol. The molecule has 0 amide bonds. The molecule has 3 heterocycles. The smallest absolute Gasteiger partial charge is 0.164 e. The standard InChI is InChI=1S/C38H28N4S/c1-38(2)30-21-10-11-22-31(30)42(33-29-20-9-12-23-32(29)43-34(33)38)28-19-13-18-27(24-28)37-40-35(25-14-5-3-6-15-25)39-36(41-37)26-16-7-4-8-17-26/h3-24H,1-2H3. The van der Waals surface area contributed by atoms with Crippen LogP contribution in [0.2, 0.25) is 0 Å². The Labute approximate surface area is 255 Å². The van der Waals surface area contributed by atoms with Gasteiger partial charge in [0.1, 0.15) is 0 Å². The SMILES string of the molecule is CC1(C)c2ccccc2N(c2cccc(-c3nc(-c4ccccc4)nc(-c4ccccc4)n3)c2)c2c1sc1ccccc21. The summed E-state index contributed by atoms with van der Waals surface area (Å²) >= 11 is 1.89. The average Bonchev–Trinajstić information content (AvgIpc) is 3.46. The molecule has 8 rings (SSSR count). The van der Waals surface area contributed by atoms with Gasteiger partial charge >= 0.3 is 0 Å². The van der Waals surface area contributed by atoms with E-state index in [0.29, 0.717) is 17.5 Å².